The van der Waals surface area contributed by atoms with Gasteiger partial charge in [0.1, 0.15) is 17.7 Å². The summed E-state index contributed by atoms with van der Waals surface area (Å²) in [6.07, 6.45) is 1.25. The number of benzene rings is 3. The fourth-order valence-corrected chi connectivity index (χ4v) is 5.86. The average Bonchev–Trinajstić information content (AvgIpc) is 3.61. The summed E-state index contributed by atoms with van der Waals surface area (Å²) in [5.41, 5.74) is 3.92. The number of hydrogen-bond acceptors (Lipinski definition) is 5. The van der Waals surface area contributed by atoms with E-state index in [4.69, 9.17) is 16.3 Å². The number of aromatic amines is 1. The Balaban J connectivity index is 1.33. The largest absolute Gasteiger partial charge is 0.474 e. The fraction of sp³-hybridized carbons (Fsp3) is 0.286. The van der Waals surface area contributed by atoms with Crippen LogP contribution in [0.2, 0.25) is 5.02 Å². The van der Waals surface area contributed by atoms with Gasteiger partial charge in [-0.05, 0) is 81.7 Å². The maximum atomic E-state index is 14.0. The Morgan fingerprint density at radius 3 is 2.36 bits per heavy atom. The summed E-state index contributed by atoms with van der Waals surface area (Å²) in [5.74, 6) is -0.354. The minimum absolute atomic E-state index is 0.143. The van der Waals surface area contributed by atoms with E-state index in [-0.39, 0.29) is 23.6 Å². The predicted molar refractivity (Wildman–Crippen MR) is 179 cm³/mol. The second-order valence-electron chi connectivity index (χ2n) is 12.1. The van der Waals surface area contributed by atoms with Crippen molar-refractivity contribution in [3.05, 3.63) is 95.8 Å². The number of fused-ring (bicyclic) bond motifs is 1. The van der Waals surface area contributed by atoms with Gasteiger partial charge in [0.05, 0.1) is 10.7 Å². The van der Waals surface area contributed by atoms with Crippen LogP contribution in [0, 0.1) is 0 Å². The van der Waals surface area contributed by atoms with Gasteiger partial charge in [-0.25, -0.2) is 0 Å². The molecule has 3 amide bonds. The number of aromatic nitrogens is 1. The Hall–Kier alpha value is -4.76. The summed E-state index contributed by atoms with van der Waals surface area (Å²) in [7, 11) is 0. The number of carbonyl (C=O) groups is 3. The number of nitrogens with one attached hydrogen (secondary N) is 4. The molecule has 0 bridgehead atoms. The highest BCUT2D eigenvalue weighted by atomic mass is 35.5. The SMILES string of the molecule is C=C(N[C@H](C(=O)N1CCC[C@H]1C(=O)Nc1ccc2[nH]c(-c3ccc(NC(C)=O)cc3)c(Cl)c2c1)c1ccccc1)OC(C)(C)C. The molecule has 1 aliphatic heterocycles. The van der Waals surface area contributed by atoms with Crippen molar-refractivity contribution in [1.29, 1.82) is 0 Å². The van der Waals surface area contributed by atoms with Crippen molar-refractivity contribution in [2.24, 2.45) is 0 Å². The average molecular weight is 628 g/mol. The summed E-state index contributed by atoms with van der Waals surface area (Å²) in [5, 5.41) is 10.2. The highest BCUT2D eigenvalue weighted by Crippen LogP contribution is 2.36. The van der Waals surface area contributed by atoms with E-state index >= 15 is 0 Å². The lowest BCUT2D eigenvalue weighted by Gasteiger charge is -2.31. The minimum atomic E-state index is -0.768. The molecule has 9 nitrogen and oxygen atoms in total. The van der Waals surface area contributed by atoms with E-state index < -0.39 is 17.7 Å². The van der Waals surface area contributed by atoms with Crippen molar-refractivity contribution in [2.75, 3.05) is 17.2 Å². The van der Waals surface area contributed by atoms with Crippen molar-refractivity contribution in [2.45, 2.75) is 58.2 Å². The van der Waals surface area contributed by atoms with Crippen LogP contribution < -0.4 is 16.0 Å². The molecular weight excluding hydrogens is 590 g/mol. The van der Waals surface area contributed by atoms with Crippen LogP contribution in [0.5, 0.6) is 0 Å². The molecule has 4 N–H and O–H groups in total. The monoisotopic (exact) mass is 627 g/mol. The van der Waals surface area contributed by atoms with E-state index in [0.717, 1.165) is 27.7 Å². The van der Waals surface area contributed by atoms with E-state index in [1.807, 2.05) is 87.5 Å². The molecular formula is C35H38ClN5O4. The van der Waals surface area contributed by atoms with E-state index in [9.17, 15) is 14.4 Å². The maximum absolute atomic E-state index is 14.0. The van der Waals surface area contributed by atoms with Crippen LogP contribution >= 0.6 is 11.6 Å². The van der Waals surface area contributed by atoms with E-state index in [1.165, 1.54) is 6.92 Å². The molecule has 0 saturated carbocycles. The fourth-order valence-electron chi connectivity index (χ4n) is 5.55. The molecule has 4 aromatic rings. The molecule has 1 fully saturated rings. The molecule has 1 aliphatic rings. The molecule has 10 heteroatoms. The van der Waals surface area contributed by atoms with Crippen LogP contribution in [0.1, 0.15) is 52.1 Å². The highest BCUT2D eigenvalue weighted by molar-refractivity contribution is 6.38. The van der Waals surface area contributed by atoms with Gasteiger partial charge in [-0.15, -0.1) is 0 Å². The molecule has 0 radical (unpaired) electrons. The number of H-pyrrole nitrogens is 1. The van der Waals surface area contributed by atoms with Gasteiger partial charge < -0.3 is 30.6 Å². The van der Waals surface area contributed by atoms with E-state index in [0.29, 0.717) is 35.8 Å². The van der Waals surface area contributed by atoms with Gasteiger partial charge in [0, 0.05) is 35.7 Å². The topological polar surface area (TPSA) is 116 Å². The third-order valence-corrected chi connectivity index (χ3v) is 7.84. The number of rotatable bonds is 9. The number of ether oxygens (including phenoxy) is 1. The predicted octanol–water partition coefficient (Wildman–Crippen LogP) is 6.99. The van der Waals surface area contributed by atoms with Gasteiger partial charge in [0.2, 0.25) is 17.7 Å². The molecule has 3 aromatic carbocycles. The molecule has 45 heavy (non-hydrogen) atoms. The van der Waals surface area contributed by atoms with Crippen LogP contribution in [-0.4, -0.2) is 45.8 Å². The maximum Gasteiger partial charge on any atom is 0.250 e. The molecule has 0 aliphatic carbocycles. The lowest BCUT2D eigenvalue weighted by molar-refractivity contribution is -0.138. The number of carbonyl (C=O) groups excluding carboxylic acids is 3. The van der Waals surface area contributed by atoms with Gasteiger partial charge in [-0.2, -0.15) is 0 Å². The van der Waals surface area contributed by atoms with Crippen LogP contribution in [0.3, 0.4) is 0 Å². The second kappa shape index (κ2) is 13.1. The van der Waals surface area contributed by atoms with Gasteiger partial charge >= 0.3 is 0 Å². The highest BCUT2D eigenvalue weighted by Gasteiger charge is 2.38. The first-order chi connectivity index (χ1) is 21.4. The van der Waals surface area contributed by atoms with Crippen molar-refractivity contribution < 1.29 is 19.1 Å². The van der Waals surface area contributed by atoms with E-state index in [2.05, 4.69) is 27.5 Å². The Morgan fingerprint density at radius 1 is 1.00 bits per heavy atom. The minimum Gasteiger partial charge on any atom is -0.474 e. The third kappa shape index (κ3) is 7.49. The number of anilines is 2. The number of hydrogen-bond donors (Lipinski definition) is 4. The smallest absolute Gasteiger partial charge is 0.250 e. The van der Waals surface area contributed by atoms with E-state index in [1.54, 1.807) is 11.0 Å². The van der Waals surface area contributed by atoms with Crippen molar-refractivity contribution in [3.63, 3.8) is 0 Å². The number of nitrogens with zero attached hydrogens (tertiary/aromatic N) is 1. The number of amides is 3. The summed E-state index contributed by atoms with van der Waals surface area (Å²) in [4.78, 5) is 43.9. The molecule has 1 aromatic heterocycles. The van der Waals surface area contributed by atoms with Gasteiger partial charge in [-0.1, -0.05) is 54.1 Å². The summed E-state index contributed by atoms with van der Waals surface area (Å²) < 4.78 is 5.87. The first-order valence-electron chi connectivity index (χ1n) is 14.9. The van der Waals surface area contributed by atoms with Crippen LogP contribution in [-0.2, 0) is 19.1 Å². The van der Waals surface area contributed by atoms with Crippen molar-refractivity contribution in [3.8, 4) is 11.3 Å². The Labute approximate surface area is 268 Å². The first kappa shape index (κ1) is 31.7. The van der Waals surface area contributed by atoms with Crippen molar-refractivity contribution >= 4 is 51.6 Å². The molecule has 1 saturated heterocycles. The standard InChI is InChI=1S/C35H38ClN5O4/c1-21(42)37-25-15-13-24(14-16-25)31-30(36)27-20-26(17-18-28(27)40-31)39-33(43)29-12-9-19-41(29)34(44)32(23-10-7-6-8-11-23)38-22(2)45-35(3,4)5/h6-8,10-11,13-18,20,29,32,38,40H,2,9,12,19H2,1,3-5H3,(H,37,42)(H,39,43)/t29-,32-/m0/s1. The number of likely N-dealkylation sites (tertiary alicyclic amines) is 1. The first-order valence-corrected chi connectivity index (χ1v) is 15.3. The van der Waals surface area contributed by atoms with Crippen LogP contribution in [0.15, 0.2) is 85.3 Å². The summed E-state index contributed by atoms with van der Waals surface area (Å²) in [6, 6.07) is 20.8. The zero-order valence-corrected chi connectivity index (χ0v) is 26.6. The lowest BCUT2D eigenvalue weighted by Crippen LogP contribution is -2.48. The zero-order chi connectivity index (χ0) is 32.3. The molecule has 0 spiro atoms. The Morgan fingerprint density at radius 2 is 1.69 bits per heavy atom. The Kier molecular flexibility index (Phi) is 9.20. The second-order valence-corrected chi connectivity index (χ2v) is 12.5. The summed E-state index contributed by atoms with van der Waals surface area (Å²) in [6.45, 7) is 11.6. The normalized spacial score (nSPS) is 15.4. The quantitative estimate of drug-likeness (QED) is 0.149. The van der Waals surface area contributed by atoms with Gasteiger partial charge in [-0.3, -0.25) is 14.4 Å². The molecule has 2 heterocycles. The number of halogens is 1. The molecule has 2 atom stereocenters. The zero-order valence-electron chi connectivity index (χ0n) is 25.9. The van der Waals surface area contributed by atoms with Crippen LogP contribution in [0.25, 0.3) is 22.2 Å². The van der Waals surface area contributed by atoms with Gasteiger partial charge in [0.25, 0.3) is 0 Å². The van der Waals surface area contributed by atoms with Crippen LogP contribution in [0.4, 0.5) is 11.4 Å². The Bertz CT molecular complexity index is 1730. The molecule has 0 unspecified atom stereocenters. The summed E-state index contributed by atoms with van der Waals surface area (Å²) >= 11 is 6.80. The third-order valence-electron chi connectivity index (χ3n) is 7.45. The lowest BCUT2D eigenvalue weighted by atomic mass is 10.0. The van der Waals surface area contributed by atoms with Crippen molar-refractivity contribution in [1.82, 2.24) is 15.2 Å². The molecule has 5 rings (SSSR count). The molecule has 234 valence electrons. The van der Waals surface area contributed by atoms with Gasteiger partial charge in [0.15, 0.2) is 5.88 Å².